The number of sulfone groups is 1. The first kappa shape index (κ1) is 36.5. The monoisotopic (exact) mass is 705 g/mol. The first-order valence-corrected chi connectivity index (χ1v) is 16.3. The van der Waals surface area contributed by atoms with Gasteiger partial charge < -0.3 is 25.4 Å². The molecule has 1 heterocycles. The third-order valence-corrected chi connectivity index (χ3v) is 8.14. The van der Waals surface area contributed by atoms with E-state index in [1.165, 1.54) is 56.7 Å². The van der Waals surface area contributed by atoms with Crippen molar-refractivity contribution in [2.45, 2.75) is 17.5 Å². The van der Waals surface area contributed by atoms with Crippen molar-refractivity contribution in [2.24, 2.45) is 0 Å². The van der Waals surface area contributed by atoms with Gasteiger partial charge in [0.2, 0.25) is 5.91 Å². The second-order valence-corrected chi connectivity index (χ2v) is 12.5. The van der Waals surface area contributed by atoms with E-state index in [9.17, 15) is 36.0 Å². The maximum Gasteiger partial charge on any atom is 0.435 e. The number of carbonyl (C=O) groups excluding carboxylic acids is 3. The van der Waals surface area contributed by atoms with Crippen LogP contribution < -0.4 is 20.7 Å². The fraction of sp³-hybridized carbons (Fsp3) is 0.250. The highest BCUT2D eigenvalue weighted by atomic mass is 32.2. The van der Waals surface area contributed by atoms with Crippen LogP contribution in [0.5, 0.6) is 5.75 Å². The smallest absolute Gasteiger partial charge is 0.435 e. The third kappa shape index (κ3) is 8.99. The molecule has 3 amide bonds. The van der Waals surface area contributed by atoms with Gasteiger partial charge in [0.1, 0.15) is 17.3 Å². The van der Waals surface area contributed by atoms with Gasteiger partial charge in [-0.15, -0.1) is 0 Å². The van der Waals surface area contributed by atoms with Crippen molar-refractivity contribution in [2.75, 3.05) is 45.5 Å². The van der Waals surface area contributed by atoms with E-state index >= 15 is 4.39 Å². The van der Waals surface area contributed by atoms with E-state index in [0.29, 0.717) is 10.7 Å². The number of methoxy groups -OCH3 is 2. The van der Waals surface area contributed by atoms with E-state index in [1.807, 2.05) is 0 Å². The summed E-state index contributed by atoms with van der Waals surface area (Å²) in [7, 11) is -0.916. The van der Waals surface area contributed by atoms with Crippen molar-refractivity contribution in [1.82, 2.24) is 20.4 Å². The summed E-state index contributed by atoms with van der Waals surface area (Å²) < 4.78 is 91.9. The van der Waals surface area contributed by atoms with Crippen molar-refractivity contribution in [3.63, 3.8) is 0 Å². The van der Waals surface area contributed by atoms with Crippen molar-refractivity contribution in [1.29, 1.82) is 0 Å². The van der Waals surface area contributed by atoms with E-state index in [0.717, 1.165) is 18.4 Å². The van der Waals surface area contributed by atoms with Crippen LogP contribution in [-0.4, -0.2) is 76.1 Å². The number of amides is 3. The van der Waals surface area contributed by atoms with Crippen LogP contribution in [0.2, 0.25) is 0 Å². The Bertz CT molecular complexity index is 1980. The third-order valence-electron chi connectivity index (χ3n) is 6.99. The van der Waals surface area contributed by atoms with Gasteiger partial charge in [0.15, 0.2) is 15.5 Å². The number of hydrogen-bond donors (Lipinski definition) is 3. The summed E-state index contributed by atoms with van der Waals surface area (Å²) in [4.78, 5) is 38.6. The Hall–Kier alpha value is -5.29. The minimum Gasteiger partial charge on any atom is -0.497 e. The topological polar surface area (TPSA) is 158 Å². The Kier molecular flexibility index (Phi) is 11.4. The molecule has 260 valence electrons. The summed E-state index contributed by atoms with van der Waals surface area (Å²) in [5, 5.41) is 10.9. The van der Waals surface area contributed by atoms with Crippen LogP contribution in [0, 0.1) is 5.82 Å². The van der Waals surface area contributed by atoms with E-state index in [1.54, 1.807) is 6.07 Å². The Labute approximate surface area is 278 Å². The van der Waals surface area contributed by atoms with Crippen LogP contribution in [0.15, 0.2) is 71.6 Å². The van der Waals surface area contributed by atoms with Crippen LogP contribution in [0.25, 0.3) is 16.8 Å². The Balaban J connectivity index is 1.67. The van der Waals surface area contributed by atoms with Crippen LogP contribution in [0.4, 0.5) is 23.2 Å². The molecule has 4 rings (SSSR count). The molecule has 1 aromatic heterocycles. The van der Waals surface area contributed by atoms with Gasteiger partial charge in [0.05, 0.1) is 35.6 Å². The summed E-state index contributed by atoms with van der Waals surface area (Å²) >= 11 is 0. The summed E-state index contributed by atoms with van der Waals surface area (Å²) in [6.45, 7) is 0.390. The molecular formula is C32H31F4N5O7S. The lowest BCUT2D eigenvalue weighted by Crippen LogP contribution is -2.32. The van der Waals surface area contributed by atoms with E-state index < -0.39 is 50.7 Å². The highest BCUT2D eigenvalue weighted by Crippen LogP contribution is 2.33. The number of hydrogen-bond acceptors (Lipinski definition) is 8. The zero-order valence-electron chi connectivity index (χ0n) is 26.4. The lowest BCUT2D eigenvalue weighted by Gasteiger charge is -2.15. The number of nitrogens with zero attached hydrogens (tertiary/aromatic N) is 2. The number of rotatable bonds is 13. The molecule has 49 heavy (non-hydrogen) atoms. The molecule has 12 nitrogen and oxygen atoms in total. The number of aromatic nitrogens is 2. The van der Waals surface area contributed by atoms with Crippen molar-refractivity contribution in [3.05, 3.63) is 89.5 Å². The molecule has 0 aliphatic rings. The normalized spacial score (nSPS) is 11.6. The standard InChI is InChI=1S/C32H31F4N5O7S/c1-47-15-14-37-29(42)12-13-38-30(43)22-17-20(48-2)9-11-25(22)41-26(18-28(40-41)32(34,35)36)31(44)39-24-10-8-19(16-23(24)33)21-6-4-5-7-27(21)49(3,45)46/h4-11,16-18H,12-15H2,1-3H3,(H,37,42)(H,38,43)(H,39,44). The maximum absolute atomic E-state index is 15.3. The van der Waals surface area contributed by atoms with Crippen LogP contribution in [0.3, 0.4) is 0 Å². The second-order valence-electron chi connectivity index (χ2n) is 10.5. The molecule has 0 aliphatic heterocycles. The fourth-order valence-corrected chi connectivity index (χ4v) is 5.55. The van der Waals surface area contributed by atoms with Crippen molar-refractivity contribution in [3.8, 4) is 22.6 Å². The number of benzene rings is 3. The number of ether oxygens (including phenoxy) is 2. The van der Waals surface area contributed by atoms with Gasteiger partial charge >= 0.3 is 6.18 Å². The summed E-state index contributed by atoms with van der Waals surface area (Å²) in [6.07, 6.45) is -4.13. The van der Waals surface area contributed by atoms with Crippen molar-refractivity contribution < 1.29 is 49.8 Å². The lowest BCUT2D eigenvalue weighted by atomic mass is 10.0. The predicted octanol–water partition coefficient (Wildman–Crippen LogP) is 4.24. The fourth-order valence-electron chi connectivity index (χ4n) is 4.64. The number of carbonyl (C=O) groups is 3. The van der Waals surface area contributed by atoms with E-state index in [2.05, 4.69) is 21.0 Å². The first-order chi connectivity index (χ1) is 23.1. The Morgan fingerprint density at radius 2 is 1.65 bits per heavy atom. The highest BCUT2D eigenvalue weighted by molar-refractivity contribution is 7.90. The predicted molar refractivity (Wildman–Crippen MR) is 170 cm³/mol. The quantitative estimate of drug-likeness (QED) is 0.138. The van der Waals surface area contributed by atoms with Gasteiger partial charge in [0, 0.05) is 44.5 Å². The molecule has 3 aromatic carbocycles. The maximum atomic E-state index is 15.3. The number of alkyl halides is 3. The molecular weight excluding hydrogens is 674 g/mol. The Morgan fingerprint density at radius 3 is 2.31 bits per heavy atom. The second kappa shape index (κ2) is 15.3. The highest BCUT2D eigenvalue weighted by Gasteiger charge is 2.37. The SMILES string of the molecule is COCCNC(=O)CCNC(=O)c1cc(OC)ccc1-n1nc(C(F)(F)F)cc1C(=O)Nc1ccc(-c2ccccc2S(C)(=O)=O)cc1F. The number of nitrogens with one attached hydrogen (secondary N) is 3. The summed E-state index contributed by atoms with van der Waals surface area (Å²) in [5.74, 6) is -3.26. The average molecular weight is 706 g/mol. The molecule has 0 radical (unpaired) electrons. The van der Waals surface area contributed by atoms with E-state index in [-0.39, 0.29) is 65.0 Å². The minimum atomic E-state index is -5.01. The van der Waals surface area contributed by atoms with Gasteiger partial charge in [0.25, 0.3) is 11.8 Å². The molecule has 4 aromatic rings. The molecule has 0 spiro atoms. The molecule has 0 atom stereocenters. The minimum absolute atomic E-state index is 0.0561. The van der Waals surface area contributed by atoms with Gasteiger partial charge in [-0.1, -0.05) is 24.3 Å². The number of anilines is 1. The largest absolute Gasteiger partial charge is 0.497 e. The van der Waals surface area contributed by atoms with Gasteiger partial charge in [-0.05, 0) is 42.0 Å². The lowest BCUT2D eigenvalue weighted by molar-refractivity contribution is -0.141. The zero-order valence-corrected chi connectivity index (χ0v) is 27.2. The van der Waals surface area contributed by atoms with Gasteiger partial charge in [-0.25, -0.2) is 17.5 Å². The Morgan fingerprint density at radius 1 is 0.918 bits per heavy atom. The first-order valence-electron chi connectivity index (χ1n) is 14.4. The summed E-state index contributed by atoms with van der Waals surface area (Å²) in [5.41, 5.74) is -2.73. The zero-order chi connectivity index (χ0) is 35.9. The van der Waals surface area contributed by atoms with Crippen molar-refractivity contribution >= 4 is 33.2 Å². The van der Waals surface area contributed by atoms with E-state index in [4.69, 9.17) is 9.47 Å². The molecule has 0 unspecified atom stereocenters. The molecule has 0 saturated heterocycles. The summed E-state index contributed by atoms with van der Waals surface area (Å²) in [6, 6.07) is 13.5. The van der Waals surface area contributed by atoms with Gasteiger partial charge in [-0.2, -0.15) is 18.3 Å². The number of halogens is 4. The molecule has 17 heteroatoms. The van der Waals surface area contributed by atoms with Crippen LogP contribution in [-0.2, 0) is 25.5 Å². The molecule has 3 N–H and O–H groups in total. The van der Waals surface area contributed by atoms with Crippen LogP contribution >= 0.6 is 0 Å². The molecule has 0 fully saturated rings. The van der Waals surface area contributed by atoms with Crippen LogP contribution in [0.1, 0.15) is 33.0 Å². The molecule has 0 saturated carbocycles. The molecule has 0 aliphatic carbocycles. The molecule has 0 bridgehead atoms. The van der Waals surface area contributed by atoms with Gasteiger partial charge in [-0.3, -0.25) is 14.4 Å². The average Bonchev–Trinajstić information content (AvgIpc) is 3.51.